The molecule has 0 aliphatic carbocycles. The zero-order chi connectivity index (χ0) is 16.2. The zero-order valence-corrected chi connectivity index (χ0v) is 13.1. The van der Waals surface area contributed by atoms with Crippen molar-refractivity contribution in [1.82, 2.24) is 15.4 Å². The van der Waals surface area contributed by atoms with Gasteiger partial charge in [-0.25, -0.2) is 0 Å². The summed E-state index contributed by atoms with van der Waals surface area (Å²) >= 11 is 3.81. The maximum atomic E-state index is 11.4. The molecule has 0 spiro atoms. The molecule has 0 unspecified atom stereocenters. The first-order valence-corrected chi connectivity index (χ1v) is 8.60. The molecule has 0 aromatic carbocycles. The molecule has 4 atom stereocenters. The van der Waals surface area contributed by atoms with Crippen molar-refractivity contribution in [1.29, 1.82) is 0 Å². The molecule has 1 saturated heterocycles. The molecular formula is C10H17N3O7S2. The lowest BCUT2D eigenvalue weighted by atomic mass is 10.1. The predicted octanol–water partition coefficient (Wildman–Crippen LogP) is -1.96. The largest absolute Gasteiger partial charge is 0.387 e. The van der Waals surface area contributed by atoms with Crippen LogP contribution in [-0.4, -0.2) is 76.8 Å². The van der Waals surface area contributed by atoms with E-state index in [1.165, 1.54) is 6.20 Å². The average molecular weight is 355 g/mol. The predicted molar refractivity (Wildman–Crippen MR) is 75.4 cm³/mol. The maximum Gasteiger partial charge on any atom is 0.268 e. The Morgan fingerprint density at radius 2 is 2.18 bits per heavy atom. The Bertz CT molecular complexity index is 553. The lowest BCUT2D eigenvalue weighted by Crippen LogP contribution is -2.35. The van der Waals surface area contributed by atoms with Crippen LogP contribution in [0.1, 0.15) is 5.69 Å². The summed E-state index contributed by atoms with van der Waals surface area (Å²) in [5, 5.41) is 29.4. The monoisotopic (exact) mass is 355 g/mol. The molecule has 1 aliphatic heterocycles. The molecule has 126 valence electrons. The van der Waals surface area contributed by atoms with Gasteiger partial charge in [-0.1, -0.05) is 0 Å². The third kappa shape index (κ3) is 4.62. The van der Waals surface area contributed by atoms with E-state index in [9.17, 15) is 18.6 Å². The molecule has 1 aromatic heterocycles. The van der Waals surface area contributed by atoms with Gasteiger partial charge in [-0.05, 0) is 0 Å². The van der Waals surface area contributed by atoms with E-state index in [1.807, 2.05) is 0 Å². The van der Waals surface area contributed by atoms with Crippen LogP contribution in [0.5, 0.6) is 0 Å². The number of hydrogen-bond acceptors (Lipinski definition) is 10. The van der Waals surface area contributed by atoms with Crippen LogP contribution < -0.4 is 0 Å². The minimum Gasteiger partial charge on any atom is -0.387 e. The zero-order valence-electron chi connectivity index (χ0n) is 11.4. The maximum absolute atomic E-state index is 11.4. The minimum absolute atomic E-state index is 0.0104. The summed E-state index contributed by atoms with van der Waals surface area (Å²) in [5.74, 6) is -0.143. The van der Waals surface area contributed by atoms with Gasteiger partial charge in [-0.2, -0.15) is 36.5 Å². The van der Waals surface area contributed by atoms with Crippen LogP contribution in [0.4, 0.5) is 0 Å². The van der Waals surface area contributed by atoms with E-state index in [4.69, 9.17) is 13.7 Å². The van der Waals surface area contributed by atoms with E-state index >= 15 is 0 Å². The summed E-state index contributed by atoms with van der Waals surface area (Å²) in [6.45, 7) is -0.408. The van der Waals surface area contributed by atoms with E-state index in [0.717, 1.165) is 0 Å². The highest BCUT2D eigenvalue weighted by Crippen LogP contribution is 2.23. The van der Waals surface area contributed by atoms with Crippen molar-refractivity contribution in [3.8, 4) is 0 Å². The van der Waals surface area contributed by atoms with Crippen molar-refractivity contribution < 1.29 is 32.3 Å². The number of aromatic amines is 1. The second kappa shape index (κ2) is 7.68. The third-order valence-corrected chi connectivity index (χ3v) is 4.66. The van der Waals surface area contributed by atoms with Gasteiger partial charge in [0.1, 0.15) is 24.0 Å². The van der Waals surface area contributed by atoms with Crippen molar-refractivity contribution in [3.05, 3.63) is 11.9 Å². The number of H-pyrrole nitrogens is 1. The Labute approximate surface area is 132 Å². The summed E-state index contributed by atoms with van der Waals surface area (Å²) in [5.41, 5.74) is 0.487. The first-order chi connectivity index (χ1) is 10.4. The Hall–Kier alpha value is -0.760. The van der Waals surface area contributed by atoms with Gasteiger partial charge in [0, 0.05) is 5.75 Å². The molecule has 2 rings (SSSR count). The Kier molecular flexibility index (Phi) is 6.14. The average Bonchev–Trinajstić information content (AvgIpc) is 3.06. The van der Waals surface area contributed by atoms with E-state index in [-0.39, 0.29) is 18.1 Å². The second-order valence-corrected chi connectivity index (χ2v) is 6.77. The van der Waals surface area contributed by atoms with Gasteiger partial charge in [-0.15, -0.1) is 0 Å². The van der Waals surface area contributed by atoms with E-state index in [0.29, 0.717) is 5.69 Å². The molecule has 0 radical (unpaired) electrons. The van der Waals surface area contributed by atoms with Crippen molar-refractivity contribution in [2.75, 3.05) is 18.1 Å². The Morgan fingerprint density at radius 1 is 1.41 bits per heavy atom. The molecule has 22 heavy (non-hydrogen) atoms. The van der Waals surface area contributed by atoms with Crippen LogP contribution in [0.15, 0.2) is 6.20 Å². The molecule has 1 fully saturated rings. The molecule has 2 heterocycles. The summed E-state index contributed by atoms with van der Waals surface area (Å²) < 4.78 is 38.1. The fraction of sp³-hybridized carbons (Fsp3) is 0.800. The van der Waals surface area contributed by atoms with Gasteiger partial charge >= 0.3 is 0 Å². The fourth-order valence-electron chi connectivity index (χ4n) is 1.79. The van der Waals surface area contributed by atoms with Crippen molar-refractivity contribution >= 4 is 22.7 Å². The Balaban J connectivity index is 1.84. The summed E-state index contributed by atoms with van der Waals surface area (Å²) in [7, 11) is -3.74. The molecule has 0 bridgehead atoms. The van der Waals surface area contributed by atoms with Crippen molar-refractivity contribution in [3.63, 3.8) is 0 Å². The van der Waals surface area contributed by atoms with Gasteiger partial charge in [0.05, 0.1) is 25.2 Å². The molecule has 10 nitrogen and oxygen atoms in total. The number of rotatable bonds is 8. The van der Waals surface area contributed by atoms with E-state index in [2.05, 4.69) is 28.0 Å². The molecule has 3 N–H and O–H groups in total. The van der Waals surface area contributed by atoms with Crippen molar-refractivity contribution in [2.24, 2.45) is 0 Å². The number of hydrogen-bond donors (Lipinski definition) is 4. The normalized spacial score (nSPS) is 29.0. The summed E-state index contributed by atoms with van der Waals surface area (Å²) in [6.07, 6.45) is -3.36. The van der Waals surface area contributed by atoms with Gasteiger partial charge in [0.25, 0.3) is 10.1 Å². The lowest BCUT2D eigenvalue weighted by molar-refractivity contribution is -0.175. The number of aliphatic hydroxyl groups excluding tert-OH is 2. The van der Waals surface area contributed by atoms with Gasteiger partial charge in [0.15, 0.2) is 6.29 Å². The SMILES string of the molecule is O=S(=O)(CCS)OC[C@H]1O[C@H](OCc2cn[nH]n2)[C@H](O)[C@@H]1O. The molecule has 0 saturated carbocycles. The summed E-state index contributed by atoms with van der Waals surface area (Å²) in [4.78, 5) is 0. The highest BCUT2D eigenvalue weighted by Gasteiger charge is 2.44. The second-order valence-electron chi connectivity index (χ2n) is 4.57. The standard InChI is InChI=1S/C10H17N3O7S2/c14-8-7(5-19-22(16,17)2-1-21)20-10(9(8)15)18-4-6-3-11-13-12-6/h3,7-10,14-15,21H,1-2,4-5H2,(H,11,12,13)/t7-,8-,9-,10+/m1/s1. The fourth-order valence-corrected chi connectivity index (χ4v) is 3.15. The first kappa shape index (κ1) is 17.6. The number of ether oxygens (including phenoxy) is 2. The van der Waals surface area contributed by atoms with E-state index in [1.54, 1.807) is 0 Å². The topological polar surface area (TPSA) is 144 Å². The van der Waals surface area contributed by atoms with Crippen LogP contribution >= 0.6 is 12.6 Å². The number of nitrogens with zero attached hydrogens (tertiary/aromatic N) is 2. The van der Waals surface area contributed by atoms with Crippen LogP contribution in [0.25, 0.3) is 0 Å². The minimum atomic E-state index is -3.74. The molecule has 1 aromatic rings. The van der Waals surface area contributed by atoms with Crippen LogP contribution in [0.2, 0.25) is 0 Å². The quantitative estimate of drug-likeness (QED) is 0.309. The third-order valence-electron chi connectivity index (χ3n) is 2.93. The van der Waals surface area contributed by atoms with E-state index < -0.39 is 41.3 Å². The van der Waals surface area contributed by atoms with Gasteiger partial charge < -0.3 is 19.7 Å². The highest BCUT2D eigenvalue weighted by molar-refractivity contribution is 7.88. The summed E-state index contributed by atoms with van der Waals surface area (Å²) in [6, 6.07) is 0. The molecule has 0 amide bonds. The number of nitrogens with one attached hydrogen (secondary N) is 1. The van der Waals surface area contributed by atoms with Gasteiger partial charge in [0.2, 0.25) is 0 Å². The van der Waals surface area contributed by atoms with Crippen LogP contribution in [-0.2, 0) is 30.4 Å². The van der Waals surface area contributed by atoms with Crippen molar-refractivity contribution in [2.45, 2.75) is 31.2 Å². The Morgan fingerprint density at radius 3 is 2.82 bits per heavy atom. The lowest BCUT2D eigenvalue weighted by Gasteiger charge is -2.14. The number of thiol groups is 1. The van der Waals surface area contributed by atoms with Gasteiger partial charge in [-0.3, -0.25) is 4.18 Å². The molecule has 12 heteroatoms. The number of aliphatic hydroxyl groups is 2. The highest BCUT2D eigenvalue weighted by atomic mass is 32.2. The molecule has 1 aliphatic rings. The number of aromatic nitrogens is 3. The van der Waals surface area contributed by atoms with Crippen LogP contribution in [0, 0.1) is 0 Å². The first-order valence-electron chi connectivity index (χ1n) is 6.39. The molecular weight excluding hydrogens is 338 g/mol. The smallest absolute Gasteiger partial charge is 0.268 e. The van der Waals surface area contributed by atoms with Crippen LogP contribution in [0.3, 0.4) is 0 Å².